The van der Waals surface area contributed by atoms with E-state index >= 15 is 0 Å². The van der Waals surface area contributed by atoms with Gasteiger partial charge in [0.2, 0.25) is 0 Å². The fourth-order valence-corrected chi connectivity index (χ4v) is 6.74. The van der Waals surface area contributed by atoms with Crippen LogP contribution in [0.25, 0.3) is 55.2 Å². The third kappa shape index (κ3) is 3.45. The maximum Gasteiger partial charge on any atom is 0.0489 e. The molecule has 0 saturated heterocycles. The zero-order valence-electron chi connectivity index (χ0n) is 23.2. The molecule has 38 heavy (non-hydrogen) atoms. The van der Waals surface area contributed by atoms with E-state index in [0.717, 1.165) is 6.42 Å². The standard InChI is InChI=1S/C37H33N/c1-21-7-9-36-34(14-21)35-18-26(8-10-37(35)38(36)6)27-12-23(3)13-28(17-27)29-16-25(5)31-20-30-24(4)11-22(2)15-32(30)33(31)19-29/h7-19H,20H2,1-6H3. The van der Waals surface area contributed by atoms with Gasteiger partial charge in [0.15, 0.2) is 0 Å². The largest absolute Gasteiger partial charge is 0.344 e. The topological polar surface area (TPSA) is 4.93 Å². The predicted molar refractivity (Wildman–Crippen MR) is 163 cm³/mol. The molecule has 1 heteroatoms. The average Bonchev–Trinajstić information content (AvgIpc) is 3.39. The van der Waals surface area contributed by atoms with Crippen molar-refractivity contribution in [3.8, 4) is 33.4 Å². The zero-order valence-corrected chi connectivity index (χ0v) is 23.2. The van der Waals surface area contributed by atoms with Crippen molar-refractivity contribution in [1.82, 2.24) is 4.57 Å². The van der Waals surface area contributed by atoms with Gasteiger partial charge in [-0.3, -0.25) is 0 Å². The van der Waals surface area contributed by atoms with E-state index < -0.39 is 0 Å². The van der Waals surface area contributed by atoms with Gasteiger partial charge in [0.05, 0.1) is 0 Å². The number of aromatic nitrogens is 1. The highest BCUT2D eigenvalue weighted by atomic mass is 14.9. The summed E-state index contributed by atoms with van der Waals surface area (Å²) in [5, 5.41) is 2.65. The maximum absolute atomic E-state index is 2.43. The number of rotatable bonds is 2. The van der Waals surface area contributed by atoms with Crippen LogP contribution in [0.3, 0.4) is 0 Å². The van der Waals surface area contributed by atoms with Crippen LogP contribution in [0, 0.1) is 34.6 Å². The molecule has 0 spiro atoms. The van der Waals surface area contributed by atoms with Gasteiger partial charge in [0, 0.05) is 28.9 Å². The number of fused-ring (bicyclic) bond motifs is 6. The minimum Gasteiger partial charge on any atom is -0.344 e. The third-order valence-corrected chi connectivity index (χ3v) is 8.64. The molecule has 0 unspecified atom stereocenters. The van der Waals surface area contributed by atoms with Gasteiger partial charge in [0.25, 0.3) is 0 Å². The molecular weight excluding hydrogens is 458 g/mol. The van der Waals surface area contributed by atoms with Gasteiger partial charge in [0.1, 0.15) is 0 Å². The fourth-order valence-electron chi connectivity index (χ4n) is 6.74. The summed E-state index contributed by atoms with van der Waals surface area (Å²) in [5.74, 6) is 0. The smallest absolute Gasteiger partial charge is 0.0489 e. The van der Waals surface area contributed by atoms with Crippen molar-refractivity contribution in [2.45, 2.75) is 41.0 Å². The Bertz CT molecular complexity index is 1950. The van der Waals surface area contributed by atoms with Crippen LogP contribution in [0.1, 0.15) is 38.9 Å². The second kappa shape index (κ2) is 8.20. The number of hydrogen-bond donors (Lipinski definition) is 0. The normalized spacial score (nSPS) is 12.4. The lowest BCUT2D eigenvalue weighted by atomic mass is 9.91. The van der Waals surface area contributed by atoms with Crippen LogP contribution in [-0.2, 0) is 13.5 Å². The molecule has 1 aromatic heterocycles. The van der Waals surface area contributed by atoms with Crippen molar-refractivity contribution in [3.63, 3.8) is 0 Å². The van der Waals surface area contributed by atoms with E-state index in [1.165, 1.54) is 94.1 Å². The number of nitrogens with zero attached hydrogens (tertiary/aromatic N) is 1. The molecular formula is C37H33N. The van der Waals surface area contributed by atoms with Crippen molar-refractivity contribution in [2.24, 2.45) is 7.05 Å². The minimum absolute atomic E-state index is 1.05. The van der Waals surface area contributed by atoms with Crippen molar-refractivity contribution >= 4 is 21.8 Å². The highest BCUT2D eigenvalue weighted by Crippen LogP contribution is 2.43. The van der Waals surface area contributed by atoms with E-state index in [4.69, 9.17) is 0 Å². The Kier molecular flexibility index (Phi) is 4.97. The molecule has 0 bridgehead atoms. The van der Waals surface area contributed by atoms with E-state index in [-0.39, 0.29) is 0 Å². The van der Waals surface area contributed by atoms with Gasteiger partial charge in [-0.05, 0) is 139 Å². The molecule has 1 aliphatic rings. The molecule has 0 fully saturated rings. The average molecular weight is 492 g/mol. The highest BCUT2D eigenvalue weighted by Gasteiger charge is 2.23. The van der Waals surface area contributed by atoms with Gasteiger partial charge in [-0.2, -0.15) is 0 Å². The van der Waals surface area contributed by atoms with Crippen LogP contribution in [0.4, 0.5) is 0 Å². The second-order valence-corrected chi connectivity index (χ2v) is 11.5. The predicted octanol–water partition coefficient (Wildman–Crippen LogP) is 9.78. The summed E-state index contributed by atoms with van der Waals surface area (Å²) >= 11 is 0. The van der Waals surface area contributed by atoms with Crippen molar-refractivity contribution in [1.29, 1.82) is 0 Å². The Morgan fingerprint density at radius 1 is 0.474 bits per heavy atom. The molecule has 186 valence electrons. The van der Waals surface area contributed by atoms with Crippen molar-refractivity contribution in [2.75, 3.05) is 0 Å². The van der Waals surface area contributed by atoms with Crippen LogP contribution >= 0.6 is 0 Å². The summed E-state index contributed by atoms with van der Waals surface area (Å²) in [6.45, 7) is 11.1. The van der Waals surface area contributed by atoms with Crippen LogP contribution in [0.2, 0.25) is 0 Å². The second-order valence-electron chi connectivity index (χ2n) is 11.5. The lowest BCUT2D eigenvalue weighted by Crippen LogP contribution is -1.91. The molecule has 0 saturated carbocycles. The molecule has 0 aliphatic heterocycles. The van der Waals surface area contributed by atoms with Gasteiger partial charge in [-0.15, -0.1) is 0 Å². The summed E-state index contributed by atoms with van der Waals surface area (Å²) in [7, 11) is 2.17. The molecule has 1 aliphatic carbocycles. The van der Waals surface area contributed by atoms with Gasteiger partial charge < -0.3 is 4.57 Å². The first kappa shape index (κ1) is 23.0. The maximum atomic E-state index is 2.43. The van der Waals surface area contributed by atoms with E-state index in [1.807, 2.05) is 0 Å². The molecule has 0 amide bonds. The molecule has 1 nitrogen and oxygen atoms in total. The first-order valence-electron chi connectivity index (χ1n) is 13.6. The SMILES string of the molecule is Cc1cc(-c2cc(C)c3c(c2)-c2cc(C)cc(C)c2C3)cc(-c2ccc3c(c2)c2cc(C)ccc2n3C)c1. The first-order chi connectivity index (χ1) is 18.3. The Balaban J connectivity index is 1.38. The molecule has 1 heterocycles. The number of aryl methyl sites for hydroxylation is 6. The Morgan fingerprint density at radius 2 is 1.05 bits per heavy atom. The van der Waals surface area contributed by atoms with E-state index in [9.17, 15) is 0 Å². The summed E-state index contributed by atoms with van der Waals surface area (Å²) in [6, 6.07) is 30.3. The van der Waals surface area contributed by atoms with Crippen LogP contribution < -0.4 is 0 Å². The van der Waals surface area contributed by atoms with E-state index in [0.29, 0.717) is 0 Å². The van der Waals surface area contributed by atoms with Crippen molar-refractivity contribution < 1.29 is 0 Å². The van der Waals surface area contributed by atoms with Crippen LogP contribution in [0.5, 0.6) is 0 Å². The molecule has 7 rings (SSSR count). The van der Waals surface area contributed by atoms with E-state index in [2.05, 4.69) is 125 Å². The Morgan fingerprint density at radius 3 is 1.82 bits per heavy atom. The Labute approximate surface area is 225 Å². The number of benzene rings is 5. The van der Waals surface area contributed by atoms with Crippen molar-refractivity contribution in [3.05, 3.63) is 118 Å². The minimum atomic E-state index is 1.05. The first-order valence-corrected chi connectivity index (χ1v) is 13.6. The quantitative estimate of drug-likeness (QED) is 0.227. The van der Waals surface area contributed by atoms with Gasteiger partial charge in [-0.25, -0.2) is 0 Å². The van der Waals surface area contributed by atoms with Gasteiger partial charge in [-0.1, -0.05) is 53.6 Å². The third-order valence-electron chi connectivity index (χ3n) is 8.64. The van der Waals surface area contributed by atoms with E-state index in [1.54, 1.807) is 0 Å². The zero-order chi connectivity index (χ0) is 26.3. The fraction of sp³-hybridized carbons (Fsp3) is 0.189. The monoisotopic (exact) mass is 491 g/mol. The molecule has 0 atom stereocenters. The molecule has 6 aromatic rings. The van der Waals surface area contributed by atoms with Crippen LogP contribution in [0.15, 0.2) is 78.9 Å². The summed E-state index contributed by atoms with van der Waals surface area (Å²) in [6.07, 6.45) is 1.05. The molecule has 5 aromatic carbocycles. The molecule has 0 radical (unpaired) electrons. The highest BCUT2D eigenvalue weighted by molar-refractivity contribution is 6.09. The number of hydrogen-bond acceptors (Lipinski definition) is 0. The van der Waals surface area contributed by atoms with Gasteiger partial charge >= 0.3 is 0 Å². The lowest BCUT2D eigenvalue weighted by molar-refractivity contribution is 1.01. The lowest BCUT2D eigenvalue weighted by Gasteiger charge is -2.13. The molecule has 0 N–H and O–H groups in total. The summed E-state index contributed by atoms with van der Waals surface area (Å²) < 4.78 is 2.31. The summed E-state index contributed by atoms with van der Waals surface area (Å²) in [5.41, 5.74) is 20.3. The Hall–Kier alpha value is -4.10. The van der Waals surface area contributed by atoms with Crippen LogP contribution in [-0.4, -0.2) is 4.57 Å². The summed E-state index contributed by atoms with van der Waals surface area (Å²) in [4.78, 5) is 0.